The van der Waals surface area contributed by atoms with E-state index < -0.39 is 0 Å². The van der Waals surface area contributed by atoms with Gasteiger partial charge < -0.3 is 4.74 Å². The second-order valence-electron chi connectivity index (χ2n) is 6.20. The van der Waals surface area contributed by atoms with E-state index in [9.17, 15) is 0 Å². The highest BCUT2D eigenvalue weighted by Crippen LogP contribution is 2.38. The van der Waals surface area contributed by atoms with Crippen molar-refractivity contribution in [3.8, 4) is 5.75 Å². The molecule has 0 unspecified atom stereocenters. The lowest BCUT2D eigenvalue weighted by Crippen LogP contribution is -1.98. The van der Waals surface area contributed by atoms with Crippen LogP contribution in [0.4, 0.5) is 0 Å². The maximum Gasteiger partial charge on any atom is 0.216 e. The summed E-state index contributed by atoms with van der Waals surface area (Å²) < 4.78 is 8.02. The standard InChI is InChI=1S/C19H17ClN4OS/c20-16-7-1-14(2-8-16)12-25-17-9-3-13(4-10-17)11-21-24-18(15-5-6-15)22-23-19(24)26/h1-4,7-11,15H,5-6,12H2,(H,23,26)/b21-11-. The summed E-state index contributed by atoms with van der Waals surface area (Å²) in [5.41, 5.74) is 2.04. The van der Waals surface area contributed by atoms with Gasteiger partial charge in [-0.05, 0) is 72.6 Å². The highest BCUT2D eigenvalue weighted by atomic mass is 35.5. The summed E-state index contributed by atoms with van der Waals surface area (Å²) in [6, 6.07) is 15.4. The fraction of sp³-hybridized carbons (Fsp3) is 0.211. The van der Waals surface area contributed by atoms with E-state index >= 15 is 0 Å². The van der Waals surface area contributed by atoms with Crippen LogP contribution in [-0.4, -0.2) is 21.1 Å². The first kappa shape index (κ1) is 17.0. The van der Waals surface area contributed by atoms with E-state index in [1.54, 1.807) is 10.9 Å². The molecule has 132 valence electrons. The monoisotopic (exact) mass is 384 g/mol. The molecule has 0 spiro atoms. The molecule has 0 aliphatic heterocycles. The summed E-state index contributed by atoms with van der Waals surface area (Å²) >= 11 is 11.1. The van der Waals surface area contributed by atoms with E-state index in [0.717, 1.165) is 40.6 Å². The zero-order chi connectivity index (χ0) is 17.9. The average molecular weight is 385 g/mol. The second-order valence-corrected chi connectivity index (χ2v) is 7.02. The number of hydrogen-bond acceptors (Lipinski definition) is 4. The summed E-state index contributed by atoms with van der Waals surface area (Å²) in [5, 5.41) is 12.3. The number of aromatic amines is 1. The number of H-pyrrole nitrogens is 1. The molecule has 1 aromatic heterocycles. The molecule has 1 N–H and O–H groups in total. The van der Waals surface area contributed by atoms with Crippen LogP contribution in [0.2, 0.25) is 5.02 Å². The Bertz CT molecular complexity index is 972. The van der Waals surface area contributed by atoms with E-state index in [1.165, 1.54) is 0 Å². The molecule has 1 heterocycles. The van der Waals surface area contributed by atoms with Gasteiger partial charge in [0.15, 0.2) is 5.82 Å². The SMILES string of the molecule is S=c1[nH]nc(C2CC2)n1/N=C\c1ccc(OCc2ccc(Cl)cc2)cc1. The van der Waals surface area contributed by atoms with Gasteiger partial charge in [0.25, 0.3) is 0 Å². The Morgan fingerprint density at radius 1 is 1.19 bits per heavy atom. The van der Waals surface area contributed by atoms with Gasteiger partial charge >= 0.3 is 0 Å². The van der Waals surface area contributed by atoms with Crippen LogP contribution >= 0.6 is 23.8 Å². The number of ether oxygens (including phenoxy) is 1. The Kier molecular flexibility index (Phi) is 4.86. The molecule has 1 aliphatic rings. The quantitative estimate of drug-likeness (QED) is 0.484. The van der Waals surface area contributed by atoms with Crippen molar-refractivity contribution in [2.24, 2.45) is 5.10 Å². The summed E-state index contributed by atoms with van der Waals surface area (Å²) in [4.78, 5) is 0. The lowest BCUT2D eigenvalue weighted by molar-refractivity contribution is 0.306. The number of aromatic nitrogens is 3. The van der Waals surface area contributed by atoms with E-state index in [0.29, 0.717) is 17.3 Å². The third-order valence-electron chi connectivity index (χ3n) is 4.14. The predicted octanol–water partition coefficient (Wildman–Crippen LogP) is 4.93. The molecule has 0 atom stereocenters. The van der Waals surface area contributed by atoms with Crippen LogP contribution in [0.1, 0.15) is 35.7 Å². The third kappa shape index (κ3) is 4.03. The van der Waals surface area contributed by atoms with Gasteiger partial charge in [0.2, 0.25) is 4.77 Å². The van der Waals surface area contributed by atoms with Crippen molar-refractivity contribution in [1.82, 2.24) is 14.9 Å². The fourth-order valence-electron chi connectivity index (χ4n) is 2.54. The van der Waals surface area contributed by atoms with Crippen LogP contribution in [-0.2, 0) is 6.61 Å². The highest BCUT2D eigenvalue weighted by Gasteiger charge is 2.29. The molecule has 7 heteroatoms. The Morgan fingerprint density at radius 2 is 1.92 bits per heavy atom. The van der Waals surface area contributed by atoms with Gasteiger partial charge in [0, 0.05) is 10.9 Å². The van der Waals surface area contributed by atoms with Gasteiger partial charge in [0.1, 0.15) is 12.4 Å². The summed E-state index contributed by atoms with van der Waals surface area (Å²) in [6.07, 6.45) is 4.07. The number of hydrogen-bond donors (Lipinski definition) is 1. The van der Waals surface area contributed by atoms with Gasteiger partial charge in [-0.2, -0.15) is 14.9 Å². The first-order chi connectivity index (χ1) is 12.7. The second kappa shape index (κ2) is 7.43. The van der Waals surface area contributed by atoms with Crippen molar-refractivity contribution in [3.63, 3.8) is 0 Å². The highest BCUT2D eigenvalue weighted by molar-refractivity contribution is 7.71. The van der Waals surface area contributed by atoms with Gasteiger partial charge in [0.05, 0.1) is 6.21 Å². The van der Waals surface area contributed by atoms with Crippen LogP contribution in [0.15, 0.2) is 53.6 Å². The fourth-order valence-corrected chi connectivity index (χ4v) is 2.86. The molecule has 1 saturated carbocycles. The molecule has 0 amide bonds. The van der Waals surface area contributed by atoms with Gasteiger partial charge in [-0.15, -0.1) is 0 Å². The maximum absolute atomic E-state index is 5.89. The molecule has 26 heavy (non-hydrogen) atoms. The molecular formula is C19H17ClN4OS. The van der Waals surface area contributed by atoms with Gasteiger partial charge in [-0.1, -0.05) is 23.7 Å². The first-order valence-corrected chi connectivity index (χ1v) is 9.16. The van der Waals surface area contributed by atoms with Gasteiger partial charge in [-0.25, -0.2) is 0 Å². The number of benzene rings is 2. The molecule has 0 bridgehead atoms. The predicted molar refractivity (Wildman–Crippen MR) is 105 cm³/mol. The van der Waals surface area contributed by atoms with Crippen molar-refractivity contribution in [3.05, 3.63) is 75.3 Å². The summed E-state index contributed by atoms with van der Waals surface area (Å²) in [7, 11) is 0. The maximum atomic E-state index is 5.89. The zero-order valence-corrected chi connectivity index (χ0v) is 15.5. The average Bonchev–Trinajstić information content (AvgIpc) is 3.44. The van der Waals surface area contributed by atoms with E-state index in [-0.39, 0.29) is 0 Å². The zero-order valence-electron chi connectivity index (χ0n) is 13.9. The molecule has 2 aromatic carbocycles. The summed E-state index contributed by atoms with van der Waals surface area (Å²) in [6.45, 7) is 0.500. The number of nitrogens with one attached hydrogen (secondary N) is 1. The van der Waals surface area contributed by atoms with Crippen molar-refractivity contribution in [2.75, 3.05) is 0 Å². The lowest BCUT2D eigenvalue weighted by atomic mass is 10.2. The molecule has 1 aliphatic carbocycles. The Morgan fingerprint density at radius 3 is 2.62 bits per heavy atom. The topological polar surface area (TPSA) is 55.2 Å². The normalized spacial score (nSPS) is 14.0. The lowest BCUT2D eigenvalue weighted by Gasteiger charge is -2.06. The minimum atomic E-state index is 0.476. The molecule has 1 fully saturated rings. The molecule has 0 saturated heterocycles. The largest absolute Gasteiger partial charge is 0.489 e. The summed E-state index contributed by atoms with van der Waals surface area (Å²) in [5.74, 6) is 2.19. The van der Waals surface area contributed by atoms with E-state index in [1.807, 2.05) is 48.5 Å². The Hall–Kier alpha value is -2.44. The van der Waals surface area contributed by atoms with Crippen molar-refractivity contribution < 1.29 is 4.74 Å². The number of halogens is 1. The Labute approximate surface area is 161 Å². The third-order valence-corrected chi connectivity index (χ3v) is 4.66. The van der Waals surface area contributed by atoms with Crippen LogP contribution in [0.25, 0.3) is 0 Å². The van der Waals surface area contributed by atoms with E-state index in [2.05, 4.69) is 15.3 Å². The van der Waals surface area contributed by atoms with E-state index in [4.69, 9.17) is 28.6 Å². The minimum Gasteiger partial charge on any atom is -0.489 e. The molecule has 0 radical (unpaired) electrons. The van der Waals surface area contributed by atoms with Crippen LogP contribution < -0.4 is 4.74 Å². The van der Waals surface area contributed by atoms with Crippen LogP contribution in [0.3, 0.4) is 0 Å². The van der Waals surface area contributed by atoms with Crippen LogP contribution in [0.5, 0.6) is 5.75 Å². The molecule has 5 nitrogen and oxygen atoms in total. The van der Waals surface area contributed by atoms with Crippen molar-refractivity contribution in [1.29, 1.82) is 0 Å². The van der Waals surface area contributed by atoms with Crippen LogP contribution in [0, 0.1) is 4.77 Å². The van der Waals surface area contributed by atoms with Gasteiger partial charge in [-0.3, -0.25) is 5.10 Å². The minimum absolute atomic E-state index is 0.476. The van der Waals surface area contributed by atoms with Crippen molar-refractivity contribution >= 4 is 30.0 Å². The molecule has 4 rings (SSSR count). The molecular weight excluding hydrogens is 368 g/mol. The molecule has 3 aromatic rings. The number of nitrogens with zero attached hydrogens (tertiary/aromatic N) is 3. The smallest absolute Gasteiger partial charge is 0.216 e. The number of rotatable bonds is 6. The Balaban J connectivity index is 1.40. The van der Waals surface area contributed by atoms with Crippen molar-refractivity contribution in [2.45, 2.75) is 25.4 Å². The first-order valence-electron chi connectivity index (χ1n) is 8.38.